The molecule has 0 aliphatic carbocycles. The number of benzene rings is 2. The summed E-state index contributed by atoms with van der Waals surface area (Å²) in [5, 5.41) is 6.07. The summed E-state index contributed by atoms with van der Waals surface area (Å²) in [6.45, 7) is 0.447. The minimum absolute atomic E-state index is 0.0284. The first kappa shape index (κ1) is 13.7. The van der Waals surface area contributed by atoms with Crippen LogP contribution in [0.4, 0.5) is 15.8 Å². The van der Waals surface area contributed by atoms with Gasteiger partial charge < -0.3 is 15.4 Å². The van der Waals surface area contributed by atoms with Gasteiger partial charge in [0.05, 0.1) is 11.4 Å². The normalized spacial score (nSPS) is 13.1. The predicted octanol–water partition coefficient (Wildman–Crippen LogP) is 3.42. The van der Waals surface area contributed by atoms with Gasteiger partial charge in [-0.3, -0.25) is 4.79 Å². The first-order valence-corrected chi connectivity index (χ1v) is 6.74. The quantitative estimate of drug-likeness (QED) is 0.913. The molecule has 2 aromatic rings. The Kier molecular flexibility index (Phi) is 3.66. The second-order valence-corrected chi connectivity index (χ2v) is 5.08. The summed E-state index contributed by atoms with van der Waals surface area (Å²) >= 11 is 5.71. The maximum Gasteiger partial charge on any atom is 0.262 e. The van der Waals surface area contributed by atoms with Crippen LogP contribution in [0.3, 0.4) is 0 Å². The lowest BCUT2D eigenvalue weighted by atomic mass is 10.1. The fourth-order valence-corrected chi connectivity index (χ4v) is 2.23. The Balaban J connectivity index is 1.73. The van der Waals surface area contributed by atoms with Gasteiger partial charge in [-0.15, -0.1) is 0 Å². The van der Waals surface area contributed by atoms with Crippen molar-refractivity contribution in [3.05, 3.63) is 52.8 Å². The van der Waals surface area contributed by atoms with Crippen LogP contribution in [0.2, 0.25) is 5.02 Å². The Labute approximate surface area is 125 Å². The van der Waals surface area contributed by atoms with E-state index in [0.717, 1.165) is 5.56 Å². The average molecular weight is 307 g/mol. The number of nitrogens with one attached hydrogen (secondary N) is 2. The highest BCUT2D eigenvalue weighted by Crippen LogP contribution is 2.29. The SMILES string of the molecule is O=C1COc2ccc(CNc3ccc(Cl)cc3F)cc2N1. The van der Waals surface area contributed by atoms with Crippen molar-refractivity contribution >= 4 is 28.9 Å². The molecule has 0 unspecified atom stereocenters. The van der Waals surface area contributed by atoms with Crippen molar-refractivity contribution in [2.24, 2.45) is 0 Å². The van der Waals surface area contributed by atoms with Crippen molar-refractivity contribution in [3.8, 4) is 5.75 Å². The highest BCUT2D eigenvalue weighted by molar-refractivity contribution is 6.30. The average Bonchev–Trinajstić information content (AvgIpc) is 2.46. The molecular formula is C15H12ClFN2O2. The Morgan fingerprint density at radius 3 is 2.95 bits per heavy atom. The third-order valence-corrected chi connectivity index (χ3v) is 3.33. The van der Waals surface area contributed by atoms with E-state index in [4.69, 9.17) is 16.3 Å². The standard InChI is InChI=1S/C15H12ClFN2O2/c16-10-2-3-12(11(17)6-10)18-7-9-1-4-14-13(5-9)19-15(20)8-21-14/h1-6,18H,7-8H2,(H,19,20). The van der Waals surface area contributed by atoms with E-state index in [0.29, 0.717) is 28.7 Å². The number of fused-ring (bicyclic) bond motifs is 1. The van der Waals surface area contributed by atoms with Crippen LogP contribution >= 0.6 is 11.6 Å². The molecule has 0 bridgehead atoms. The summed E-state index contributed by atoms with van der Waals surface area (Å²) < 4.78 is 18.9. The van der Waals surface area contributed by atoms with Crippen molar-refractivity contribution < 1.29 is 13.9 Å². The zero-order valence-electron chi connectivity index (χ0n) is 11.0. The van der Waals surface area contributed by atoms with Crippen molar-refractivity contribution in [1.82, 2.24) is 0 Å². The van der Waals surface area contributed by atoms with Gasteiger partial charge in [0.2, 0.25) is 0 Å². The fraction of sp³-hybridized carbons (Fsp3) is 0.133. The highest BCUT2D eigenvalue weighted by Gasteiger charge is 2.15. The predicted molar refractivity (Wildman–Crippen MR) is 79.3 cm³/mol. The summed E-state index contributed by atoms with van der Waals surface area (Å²) in [4.78, 5) is 11.3. The van der Waals surface area contributed by atoms with Crippen LogP contribution in [0, 0.1) is 5.82 Å². The van der Waals surface area contributed by atoms with Crippen LogP contribution in [0.15, 0.2) is 36.4 Å². The Bertz CT molecular complexity index is 706. The summed E-state index contributed by atoms with van der Waals surface area (Å²) in [6.07, 6.45) is 0. The van der Waals surface area contributed by atoms with Gasteiger partial charge in [0.1, 0.15) is 11.6 Å². The van der Waals surface area contributed by atoms with Crippen LogP contribution in [0.25, 0.3) is 0 Å². The number of hydrogen-bond donors (Lipinski definition) is 2. The van der Waals surface area contributed by atoms with Crippen molar-refractivity contribution in [2.75, 3.05) is 17.2 Å². The lowest BCUT2D eigenvalue weighted by Crippen LogP contribution is -2.25. The smallest absolute Gasteiger partial charge is 0.262 e. The molecule has 0 spiro atoms. The summed E-state index contributed by atoms with van der Waals surface area (Å²) in [6, 6.07) is 9.90. The topological polar surface area (TPSA) is 50.4 Å². The van der Waals surface area contributed by atoms with Gasteiger partial charge in [0, 0.05) is 11.6 Å². The van der Waals surface area contributed by atoms with Gasteiger partial charge >= 0.3 is 0 Å². The molecule has 1 aliphatic rings. The highest BCUT2D eigenvalue weighted by atomic mass is 35.5. The molecule has 108 valence electrons. The van der Waals surface area contributed by atoms with Crippen LogP contribution in [0.1, 0.15) is 5.56 Å². The van der Waals surface area contributed by atoms with E-state index in [9.17, 15) is 9.18 Å². The molecule has 1 aliphatic heterocycles. The number of carbonyl (C=O) groups is 1. The van der Waals surface area contributed by atoms with Gasteiger partial charge in [-0.05, 0) is 35.9 Å². The second kappa shape index (κ2) is 5.61. The Morgan fingerprint density at radius 1 is 1.29 bits per heavy atom. The van der Waals surface area contributed by atoms with Gasteiger partial charge in [-0.1, -0.05) is 17.7 Å². The first-order chi connectivity index (χ1) is 10.1. The molecule has 3 rings (SSSR count). The lowest BCUT2D eigenvalue weighted by molar-refractivity contribution is -0.118. The molecule has 0 aromatic heterocycles. The third kappa shape index (κ3) is 3.08. The van der Waals surface area contributed by atoms with E-state index in [-0.39, 0.29) is 12.5 Å². The minimum Gasteiger partial charge on any atom is -0.482 e. The molecular weight excluding hydrogens is 295 g/mol. The number of ether oxygens (including phenoxy) is 1. The van der Waals surface area contributed by atoms with E-state index in [2.05, 4.69) is 10.6 Å². The number of halogens is 2. The molecule has 0 atom stereocenters. The van der Waals surface area contributed by atoms with Gasteiger partial charge in [0.15, 0.2) is 6.61 Å². The van der Waals surface area contributed by atoms with Crippen LogP contribution in [-0.2, 0) is 11.3 Å². The van der Waals surface area contributed by atoms with E-state index < -0.39 is 5.82 Å². The number of carbonyl (C=O) groups excluding carboxylic acids is 1. The van der Waals surface area contributed by atoms with E-state index in [1.54, 1.807) is 24.3 Å². The van der Waals surface area contributed by atoms with Crippen molar-refractivity contribution in [2.45, 2.75) is 6.54 Å². The monoisotopic (exact) mass is 306 g/mol. The molecule has 0 fully saturated rings. The van der Waals surface area contributed by atoms with Gasteiger partial charge in [0.25, 0.3) is 5.91 Å². The maximum atomic E-state index is 13.7. The van der Waals surface area contributed by atoms with Gasteiger partial charge in [-0.25, -0.2) is 4.39 Å². The number of amides is 1. The molecule has 4 nitrogen and oxygen atoms in total. The first-order valence-electron chi connectivity index (χ1n) is 6.36. The van der Waals surface area contributed by atoms with Crippen LogP contribution in [-0.4, -0.2) is 12.5 Å². The van der Waals surface area contributed by atoms with Gasteiger partial charge in [-0.2, -0.15) is 0 Å². The number of rotatable bonds is 3. The summed E-state index contributed by atoms with van der Waals surface area (Å²) in [5.74, 6) is 0.0458. The largest absolute Gasteiger partial charge is 0.482 e. The number of hydrogen-bond acceptors (Lipinski definition) is 3. The molecule has 1 heterocycles. The second-order valence-electron chi connectivity index (χ2n) is 4.65. The minimum atomic E-state index is -0.405. The van der Waals surface area contributed by atoms with Crippen molar-refractivity contribution in [1.29, 1.82) is 0 Å². The van der Waals surface area contributed by atoms with E-state index >= 15 is 0 Å². The van der Waals surface area contributed by atoms with Crippen LogP contribution < -0.4 is 15.4 Å². The Hall–Kier alpha value is -2.27. The van der Waals surface area contributed by atoms with Crippen LogP contribution in [0.5, 0.6) is 5.75 Å². The summed E-state index contributed by atoms with van der Waals surface area (Å²) in [5.41, 5.74) is 1.90. The molecule has 1 amide bonds. The summed E-state index contributed by atoms with van der Waals surface area (Å²) in [7, 11) is 0. The maximum absolute atomic E-state index is 13.7. The van der Waals surface area contributed by atoms with E-state index in [1.165, 1.54) is 6.07 Å². The molecule has 0 radical (unpaired) electrons. The van der Waals surface area contributed by atoms with E-state index in [1.807, 2.05) is 6.07 Å². The molecule has 0 saturated heterocycles. The lowest BCUT2D eigenvalue weighted by Gasteiger charge is -2.18. The zero-order valence-corrected chi connectivity index (χ0v) is 11.7. The molecule has 6 heteroatoms. The molecule has 0 saturated carbocycles. The molecule has 2 aromatic carbocycles. The van der Waals surface area contributed by atoms with Crippen molar-refractivity contribution in [3.63, 3.8) is 0 Å². The molecule has 2 N–H and O–H groups in total. The zero-order chi connectivity index (χ0) is 14.8. The fourth-order valence-electron chi connectivity index (χ4n) is 2.07. The number of anilines is 2. The Morgan fingerprint density at radius 2 is 2.14 bits per heavy atom. The molecule has 21 heavy (non-hydrogen) atoms. The third-order valence-electron chi connectivity index (χ3n) is 3.09.